The second kappa shape index (κ2) is 5.98. The van der Waals surface area contributed by atoms with E-state index in [0.717, 1.165) is 4.90 Å². The normalized spacial score (nSPS) is 12.0. The third kappa shape index (κ3) is 4.41. The number of hydrogen-bond donors (Lipinski definition) is 1. The Bertz CT molecular complexity index is 486. The Hall–Kier alpha value is -0.390. The minimum absolute atomic E-state index is 0.164. The van der Waals surface area contributed by atoms with Crippen molar-refractivity contribution in [2.45, 2.75) is 24.0 Å². The molecule has 6 heteroatoms. The summed E-state index contributed by atoms with van der Waals surface area (Å²) in [4.78, 5) is 0.869. The van der Waals surface area contributed by atoms with Crippen LogP contribution in [-0.4, -0.2) is 25.2 Å². The van der Waals surface area contributed by atoms with Gasteiger partial charge >= 0.3 is 0 Å². The number of sulfone groups is 1. The summed E-state index contributed by atoms with van der Waals surface area (Å²) in [5, 5.41) is 0.257. The van der Waals surface area contributed by atoms with Gasteiger partial charge in [0, 0.05) is 21.4 Å². The molecule has 0 saturated carbocycles. The molecule has 0 radical (unpaired) electrons. The maximum atomic E-state index is 11.6. The van der Waals surface area contributed by atoms with Crippen molar-refractivity contribution in [1.82, 2.24) is 0 Å². The highest BCUT2D eigenvalue weighted by Gasteiger charge is 2.15. The molecule has 1 aromatic rings. The van der Waals surface area contributed by atoms with Gasteiger partial charge in [-0.2, -0.15) is 0 Å². The Labute approximate surface area is 112 Å². The van der Waals surface area contributed by atoms with Crippen LogP contribution in [0.4, 0.5) is 5.69 Å². The minimum Gasteiger partial charge on any atom is -0.398 e. The van der Waals surface area contributed by atoms with E-state index >= 15 is 0 Å². The molecule has 0 amide bonds. The lowest BCUT2D eigenvalue weighted by Crippen LogP contribution is -2.18. The highest BCUT2D eigenvalue weighted by Crippen LogP contribution is 2.27. The largest absolute Gasteiger partial charge is 0.398 e. The van der Waals surface area contributed by atoms with E-state index in [9.17, 15) is 8.42 Å². The van der Waals surface area contributed by atoms with Crippen LogP contribution in [0.2, 0.25) is 5.02 Å². The highest BCUT2D eigenvalue weighted by atomic mass is 35.5. The van der Waals surface area contributed by atoms with Crippen molar-refractivity contribution in [2.75, 3.05) is 17.2 Å². The Morgan fingerprint density at radius 3 is 2.59 bits per heavy atom. The topological polar surface area (TPSA) is 60.2 Å². The van der Waals surface area contributed by atoms with Gasteiger partial charge in [-0.05, 0) is 32.0 Å². The van der Waals surface area contributed by atoms with Crippen molar-refractivity contribution in [3.63, 3.8) is 0 Å². The Morgan fingerprint density at radius 1 is 1.41 bits per heavy atom. The summed E-state index contributed by atoms with van der Waals surface area (Å²) >= 11 is 7.22. The Balaban J connectivity index is 2.58. The molecule has 0 aliphatic heterocycles. The van der Waals surface area contributed by atoms with Crippen LogP contribution in [0.15, 0.2) is 23.1 Å². The van der Waals surface area contributed by atoms with Crippen LogP contribution < -0.4 is 5.73 Å². The van der Waals surface area contributed by atoms with Gasteiger partial charge in [-0.1, -0.05) is 11.6 Å². The van der Waals surface area contributed by atoms with E-state index in [1.54, 1.807) is 26.0 Å². The summed E-state index contributed by atoms with van der Waals surface area (Å²) in [7, 11) is -2.98. The van der Waals surface area contributed by atoms with Crippen molar-refractivity contribution < 1.29 is 8.42 Å². The number of nitrogen functional groups attached to an aromatic ring is 1. The molecule has 0 saturated heterocycles. The number of thioether (sulfide) groups is 1. The Kier molecular flexibility index (Phi) is 5.16. The van der Waals surface area contributed by atoms with Gasteiger partial charge in [0.2, 0.25) is 0 Å². The van der Waals surface area contributed by atoms with Gasteiger partial charge in [-0.25, -0.2) is 8.42 Å². The van der Waals surface area contributed by atoms with Crippen molar-refractivity contribution in [3.8, 4) is 0 Å². The Morgan fingerprint density at radius 2 is 2.06 bits per heavy atom. The first-order valence-electron chi connectivity index (χ1n) is 5.22. The molecule has 0 aliphatic rings. The molecule has 1 aromatic carbocycles. The zero-order chi connectivity index (χ0) is 13.1. The van der Waals surface area contributed by atoms with Crippen molar-refractivity contribution in [3.05, 3.63) is 23.2 Å². The maximum absolute atomic E-state index is 11.6. The summed E-state index contributed by atoms with van der Waals surface area (Å²) < 4.78 is 23.2. The zero-order valence-corrected chi connectivity index (χ0v) is 12.2. The first-order valence-corrected chi connectivity index (χ1v) is 8.30. The SMILES string of the molecule is CC(C)S(=O)(=O)CCSc1ccc(Cl)cc1N. The summed E-state index contributed by atoms with van der Waals surface area (Å²) in [5.41, 5.74) is 6.36. The molecule has 0 aromatic heterocycles. The molecule has 2 N–H and O–H groups in total. The molecular weight excluding hydrogens is 278 g/mol. The second-order valence-electron chi connectivity index (χ2n) is 3.95. The van der Waals surface area contributed by atoms with Gasteiger partial charge in [0.25, 0.3) is 0 Å². The zero-order valence-electron chi connectivity index (χ0n) is 9.81. The molecule has 1 rings (SSSR count). The third-order valence-electron chi connectivity index (χ3n) is 2.32. The summed E-state index contributed by atoms with van der Waals surface area (Å²) in [6.07, 6.45) is 0. The van der Waals surface area contributed by atoms with E-state index < -0.39 is 9.84 Å². The van der Waals surface area contributed by atoms with E-state index in [2.05, 4.69) is 0 Å². The van der Waals surface area contributed by atoms with Gasteiger partial charge in [-0.15, -0.1) is 11.8 Å². The maximum Gasteiger partial charge on any atom is 0.153 e. The molecule has 0 bridgehead atoms. The van der Waals surface area contributed by atoms with Crippen LogP contribution in [0.25, 0.3) is 0 Å². The molecule has 0 atom stereocenters. The number of halogens is 1. The predicted octanol–water partition coefficient (Wildman–Crippen LogP) is 2.84. The van der Waals surface area contributed by atoms with E-state index in [-0.39, 0.29) is 11.0 Å². The second-order valence-corrected chi connectivity index (χ2v) is 8.20. The fourth-order valence-corrected chi connectivity index (χ4v) is 3.68. The van der Waals surface area contributed by atoms with Crippen LogP contribution in [-0.2, 0) is 9.84 Å². The molecule has 0 spiro atoms. The first kappa shape index (κ1) is 14.7. The predicted molar refractivity (Wildman–Crippen MR) is 75.5 cm³/mol. The van der Waals surface area contributed by atoms with Gasteiger partial charge in [0.15, 0.2) is 9.84 Å². The van der Waals surface area contributed by atoms with E-state index in [1.807, 2.05) is 6.07 Å². The van der Waals surface area contributed by atoms with Crippen LogP contribution in [0.5, 0.6) is 0 Å². The molecule has 3 nitrogen and oxygen atoms in total. The number of anilines is 1. The van der Waals surface area contributed by atoms with Crippen LogP contribution >= 0.6 is 23.4 Å². The van der Waals surface area contributed by atoms with Gasteiger partial charge < -0.3 is 5.73 Å². The standard InChI is InChI=1S/C11H16ClNO2S2/c1-8(2)17(14,15)6-5-16-11-4-3-9(12)7-10(11)13/h3-4,7-8H,5-6,13H2,1-2H3. The van der Waals surface area contributed by atoms with E-state index in [0.29, 0.717) is 16.5 Å². The number of nitrogens with two attached hydrogens (primary N) is 1. The van der Waals surface area contributed by atoms with Crippen LogP contribution in [0, 0.1) is 0 Å². The third-order valence-corrected chi connectivity index (χ3v) is 6.11. The number of rotatable bonds is 5. The summed E-state index contributed by atoms with van der Waals surface area (Å²) in [6, 6.07) is 5.22. The fourth-order valence-electron chi connectivity index (χ4n) is 1.15. The van der Waals surface area contributed by atoms with Gasteiger partial charge in [0.05, 0.1) is 11.0 Å². The van der Waals surface area contributed by atoms with Crippen LogP contribution in [0.3, 0.4) is 0 Å². The first-order chi connectivity index (χ1) is 7.83. The molecule has 0 unspecified atom stereocenters. The van der Waals surface area contributed by atoms with Gasteiger partial charge in [0.1, 0.15) is 0 Å². The molecular formula is C11H16ClNO2S2. The molecule has 0 aliphatic carbocycles. The monoisotopic (exact) mass is 293 g/mol. The lowest BCUT2D eigenvalue weighted by atomic mass is 10.3. The fraction of sp³-hybridized carbons (Fsp3) is 0.455. The van der Waals surface area contributed by atoms with Gasteiger partial charge in [-0.3, -0.25) is 0 Å². The average molecular weight is 294 g/mol. The molecule has 17 heavy (non-hydrogen) atoms. The highest BCUT2D eigenvalue weighted by molar-refractivity contribution is 8.01. The lowest BCUT2D eigenvalue weighted by molar-refractivity contribution is 0.589. The van der Waals surface area contributed by atoms with Crippen molar-refractivity contribution in [1.29, 1.82) is 0 Å². The minimum atomic E-state index is -2.98. The van der Waals surface area contributed by atoms with Crippen molar-refractivity contribution in [2.24, 2.45) is 0 Å². The molecule has 0 heterocycles. The van der Waals surface area contributed by atoms with Crippen LogP contribution in [0.1, 0.15) is 13.8 Å². The summed E-state index contributed by atoms with van der Waals surface area (Å²) in [5.74, 6) is 0.670. The average Bonchev–Trinajstić information content (AvgIpc) is 2.21. The lowest BCUT2D eigenvalue weighted by Gasteiger charge is -2.08. The van der Waals surface area contributed by atoms with E-state index in [4.69, 9.17) is 17.3 Å². The number of benzene rings is 1. The van der Waals surface area contributed by atoms with E-state index in [1.165, 1.54) is 11.8 Å². The number of hydrogen-bond acceptors (Lipinski definition) is 4. The molecule has 96 valence electrons. The quantitative estimate of drug-likeness (QED) is 0.670. The molecule has 0 fully saturated rings. The van der Waals surface area contributed by atoms with Crippen molar-refractivity contribution >= 4 is 38.9 Å². The smallest absolute Gasteiger partial charge is 0.153 e. The summed E-state index contributed by atoms with van der Waals surface area (Å²) in [6.45, 7) is 3.38.